The summed E-state index contributed by atoms with van der Waals surface area (Å²) in [5, 5.41) is 26.3. The van der Waals surface area contributed by atoms with Gasteiger partial charge in [-0.05, 0) is 25.3 Å². The number of fused-ring (bicyclic) bond motifs is 1. The zero-order chi connectivity index (χ0) is 46.8. The monoisotopic (exact) mass is 973 g/mol. The first-order valence-corrected chi connectivity index (χ1v) is 25.4. The van der Waals surface area contributed by atoms with Crippen molar-refractivity contribution in [1.82, 2.24) is 30.2 Å². The van der Waals surface area contributed by atoms with Crippen molar-refractivity contribution < 1.29 is 80.5 Å². The number of phosphoric acid groups is 3. The van der Waals surface area contributed by atoms with Crippen molar-refractivity contribution in [3.63, 3.8) is 0 Å². The van der Waals surface area contributed by atoms with Gasteiger partial charge in [0.05, 0.1) is 19.5 Å². The Morgan fingerprint density at radius 3 is 2.40 bits per heavy atom. The van der Waals surface area contributed by atoms with Crippen molar-refractivity contribution in [2.75, 3.05) is 37.8 Å². The maximum absolute atomic E-state index is 12.7. The second-order valence-corrected chi connectivity index (χ2v) is 20.2. The molecule has 0 aromatic carbocycles. The highest BCUT2D eigenvalue weighted by atomic mass is 32.2. The standard InChI is InChI=1S/C35H58N7O17P3S/c1-4-5-6-7-8-9-10-11-12-13-14-15-26(44)63-19-18-37-25(43)16-17-38-33(47)30(46)35(2,3)21-56-62(53,54)59-61(51,52)55-20-24-29(58-60(48,49)50)28(45)34(57-24)42-23-41-27-31(36)39-22-40-32(27)42/h11-12,14-15,22-24,28-30,34,45-46H,4-10,13,16-21H2,1-3H3,(H,37,43)(H,38,47)(H,51,52)(H,53,54)(H2,36,39,40)(H2,48,49,50)/b12-11-,15-14+/t24-,28-,29-,30?,34-/m1/s1. The summed E-state index contributed by atoms with van der Waals surface area (Å²) in [7, 11) is -16.4. The van der Waals surface area contributed by atoms with Crippen molar-refractivity contribution in [3.05, 3.63) is 37.0 Å². The van der Waals surface area contributed by atoms with Gasteiger partial charge in [0.1, 0.15) is 36.3 Å². The number of phosphoric ester groups is 3. The molecule has 1 aliphatic rings. The number of amides is 2. The molecule has 7 atom stereocenters. The Balaban J connectivity index is 1.38. The number of nitrogens with zero attached hydrogens (tertiary/aromatic N) is 4. The molecule has 2 aromatic rings. The predicted molar refractivity (Wildman–Crippen MR) is 228 cm³/mol. The van der Waals surface area contributed by atoms with Crippen LogP contribution in [0, 0.1) is 5.41 Å². The number of thioether (sulfide) groups is 1. The first-order chi connectivity index (χ1) is 29.6. The number of ether oxygens (including phenoxy) is 1. The fourth-order valence-corrected chi connectivity index (χ4v) is 9.26. The molecule has 10 N–H and O–H groups in total. The van der Waals surface area contributed by atoms with Gasteiger partial charge in [-0.2, -0.15) is 4.31 Å². The van der Waals surface area contributed by atoms with Gasteiger partial charge in [0, 0.05) is 30.7 Å². The molecule has 3 heterocycles. The SMILES string of the molecule is CCCCCCCC/C=C\C/C=C/C(=O)SCCNC(=O)CCNC(=O)C(O)C(C)(C)COP(=O)(O)OP(=O)(O)OC[C@H]1O[C@@H](n2cnc3c(N)ncnc32)[C@H](O)[C@@H]1OP(=O)(O)O. The van der Waals surface area contributed by atoms with Crippen molar-refractivity contribution in [2.45, 2.75) is 109 Å². The summed E-state index contributed by atoms with van der Waals surface area (Å²) in [6.07, 6.45) is 9.60. The van der Waals surface area contributed by atoms with Crippen molar-refractivity contribution in [1.29, 1.82) is 0 Å². The van der Waals surface area contributed by atoms with Crippen LogP contribution in [-0.4, -0.2) is 123 Å². The van der Waals surface area contributed by atoms with Crippen molar-refractivity contribution in [3.8, 4) is 0 Å². The number of aromatic nitrogens is 4. The number of hydrogen-bond acceptors (Lipinski definition) is 18. The summed E-state index contributed by atoms with van der Waals surface area (Å²) in [6, 6.07) is 0. The van der Waals surface area contributed by atoms with E-state index in [-0.39, 0.29) is 41.6 Å². The van der Waals surface area contributed by atoms with E-state index in [0.717, 1.165) is 41.8 Å². The molecule has 0 aliphatic carbocycles. The smallest absolute Gasteiger partial charge is 0.386 e. The molecule has 0 saturated carbocycles. The Hall–Kier alpha value is -2.96. The lowest BCUT2D eigenvalue weighted by Crippen LogP contribution is -2.46. The topological polar surface area (TPSA) is 364 Å². The third-order valence-electron chi connectivity index (χ3n) is 9.16. The van der Waals surface area contributed by atoms with Crippen molar-refractivity contribution >= 4 is 69.1 Å². The molecule has 2 aromatic heterocycles. The molecule has 3 unspecified atom stereocenters. The van der Waals surface area contributed by atoms with Crippen LogP contribution in [0.5, 0.6) is 0 Å². The number of unbranched alkanes of at least 4 members (excludes halogenated alkanes) is 6. The maximum Gasteiger partial charge on any atom is 0.481 e. The van der Waals surface area contributed by atoms with E-state index in [2.05, 4.69) is 47.4 Å². The van der Waals surface area contributed by atoms with Gasteiger partial charge in [0.2, 0.25) is 16.9 Å². The predicted octanol–water partition coefficient (Wildman–Crippen LogP) is 2.92. The van der Waals surface area contributed by atoms with Crippen LogP contribution in [0.15, 0.2) is 37.0 Å². The number of nitrogens with two attached hydrogens (primary N) is 1. The molecule has 1 aliphatic heterocycles. The molecule has 24 nitrogen and oxygen atoms in total. The number of nitrogen functional groups attached to an aromatic ring is 1. The molecule has 3 rings (SSSR count). The van der Waals surface area contributed by atoms with E-state index in [1.807, 2.05) is 6.08 Å². The van der Waals surface area contributed by atoms with E-state index in [1.165, 1.54) is 52.0 Å². The number of aliphatic hydroxyl groups is 2. The van der Waals surface area contributed by atoms with Gasteiger partial charge >= 0.3 is 23.5 Å². The number of imidazole rings is 1. The molecule has 1 saturated heterocycles. The molecule has 0 spiro atoms. The Bertz CT molecular complexity index is 2020. The lowest BCUT2D eigenvalue weighted by atomic mass is 9.87. The number of rotatable bonds is 29. The number of nitrogens with one attached hydrogen (secondary N) is 2. The zero-order valence-electron chi connectivity index (χ0n) is 35.0. The van der Waals surface area contributed by atoms with Gasteiger partial charge in [-0.3, -0.25) is 32.5 Å². The number of allylic oxidation sites excluding steroid dienone is 3. The van der Waals surface area contributed by atoms with Crippen LogP contribution in [-0.2, 0) is 50.7 Å². The third kappa shape index (κ3) is 19.2. The summed E-state index contributed by atoms with van der Waals surface area (Å²) >= 11 is 1.04. The molecule has 1 fully saturated rings. The van der Waals surface area contributed by atoms with E-state index in [4.69, 9.17) is 19.5 Å². The summed E-state index contributed by atoms with van der Waals surface area (Å²) < 4.78 is 62.3. The molecule has 0 bridgehead atoms. The van der Waals surface area contributed by atoms with Gasteiger partial charge in [-0.1, -0.05) is 82.9 Å². The number of carbonyl (C=O) groups excluding carboxylic acids is 3. The van der Waals surface area contributed by atoms with Gasteiger partial charge in [0.25, 0.3) is 0 Å². The first kappa shape index (κ1) is 54.4. The number of hydrogen-bond donors (Lipinski definition) is 9. The second-order valence-electron chi connectivity index (χ2n) is 14.9. The highest BCUT2D eigenvalue weighted by molar-refractivity contribution is 8.14. The number of aliphatic hydroxyl groups excluding tert-OH is 2. The van der Waals surface area contributed by atoms with E-state index < -0.39 is 84.6 Å². The Labute approximate surface area is 368 Å². The third-order valence-corrected chi connectivity index (χ3v) is 13.1. The average Bonchev–Trinajstić information content (AvgIpc) is 3.76. The van der Waals surface area contributed by atoms with Crippen LogP contribution < -0.4 is 16.4 Å². The fraction of sp³-hybridized carbons (Fsp3) is 0.657. The van der Waals surface area contributed by atoms with Gasteiger partial charge in [-0.25, -0.2) is 28.6 Å². The Kier molecular flexibility index (Phi) is 22.1. The van der Waals surface area contributed by atoms with Crippen LogP contribution in [0.2, 0.25) is 0 Å². The van der Waals surface area contributed by atoms with E-state index in [0.29, 0.717) is 12.2 Å². The number of anilines is 1. The van der Waals surface area contributed by atoms with E-state index >= 15 is 0 Å². The quantitative estimate of drug-likeness (QED) is 0.0245. The highest BCUT2D eigenvalue weighted by Gasteiger charge is 2.50. The fourth-order valence-electron chi connectivity index (χ4n) is 5.83. The molecule has 356 valence electrons. The van der Waals surface area contributed by atoms with Gasteiger partial charge < -0.3 is 50.9 Å². The first-order valence-electron chi connectivity index (χ1n) is 19.9. The average molecular weight is 974 g/mol. The second kappa shape index (κ2) is 25.7. The Morgan fingerprint density at radius 1 is 0.984 bits per heavy atom. The zero-order valence-corrected chi connectivity index (χ0v) is 38.5. The molecule has 63 heavy (non-hydrogen) atoms. The summed E-state index contributed by atoms with van der Waals surface area (Å²) in [6.45, 7) is 2.68. The van der Waals surface area contributed by atoms with Crippen molar-refractivity contribution in [2.24, 2.45) is 5.41 Å². The van der Waals surface area contributed by atoms with Crippen LogP contribution in [0.3, 0.4) is 0 Å². The van der Waals surface area contributed by atoms with Crippen LogP contribution in [0.1, 0.15) is 84.8 Å². The van der Waals surface area contributed by atoms with Gasteiger partial charge in [0.15, 0.2) is 17.7 Å². The van der Waals surface area contributed by atoms with E-state index in [9.17, 15) is 57.9 Å². The lowest BCUT2D eigenvalue weighted by Gasteiger charge is -2.30. The minimum absolute atomic E-state index is 0.0307. The van der Waals surface area contributed by atoms with Crippen LogP contribution in [0.25, 0.3) is 11.2 Å². The lowest BCUT2D eigenvalue weighted by molar-refractivity contribution is -0.137. The molecule has 28 heteroatoms. The summed E-state index contributed by atoms with van der Waals surface area (Å²) in [4.78, 5) is 88.0. The van der Waals surface area contributed by atoms with Gasteiger partial charge in [-0.15, -0.1) is 0 Å². The largest absolute Gasteiger partial charge is 0.481 e. The summed E-state index contributed by atoms with van der Waals surface area (Å²) in [5.74, 6) is -1.13. The molecular formula is C35H58N7O17P3S. The molecule has 2 amide bonds. The van der Waals surface area contributed by atoms with Crippen LogP contribution >= 0.6 is 35.2 Å². The minimum atomic E-state index is -5.58. The minimum Gasteiger partial charge on any atom is -0.386 e. The van der Waals surface area contributed by atoms with E-state index in [1.54, 1.807) is 6.08 Å². The Morgan fingerprint density at radius 2 is 1.68 bits per heavy atom. The normalized spacial score (nSPS) is 20.8. The molecular weight excluding hydrogens is 915 g/mol. The molecule has 0 radical (unpaired) electrons. The summed E-state index contributed by atoms with van der Waals surface area (Å²) in [5.41, 5.74) is 4.27. The highest BCUT2D eigenvalue weighted by Crippen LogP contribution is 2.61. The maximum atomic E-state index is 12.7. The number of carbonyl (C=O) groups is 3. The van der Waals surface area contributed by atoms with Crippen LogP contribution in [0.4, 0.5) is 5.82 Å².